The lowest BCUT2D eigenvalue weighted by atomic mass is 10.0. The highest BCUT2D eigenvalue weighted by atomic mass is 35.5. The molecule has 1 atom stereocenters. The number of hydrazine groups is 1. The molecule has 0 bridgehead atoms. The van der Waals surface area contributed by atoms with Gasteiger partial charge in [-0.1, -0.05) is 41.4 Å². The van der Waals surface area contributed by atoms with Gasteiger partial charge in [-0.15, -0.1) is 11.3 Å². The molecule has 4 heteroatoms. The summed E-state index contributed by atoms with van der Waals surface area (Å²) in [7, 11) is 0. The fraction of sp³-hybridized carbons (Fsp3) is 0.286. The summed E-state index contributed by atoms with van der Waals surface area (Å²) < 4.78 is 0.806. The van der Waals surface area contributed by atoms with Gasteiger partial charge in [0, 0.05) is 4.88 Å². The van der Waals surface area contributed by atoms with Crippen LogP contribution in [0.2, 0.25) is 4.34 Å². The summed E-state index contributed by atoms with van der Waals surface area (Å²) in [6.45, 7) is 2.10. The number of hydrogen-bond donors (Lipinski definition) is 2. The second-order valence-corrected chi connectivity index (χ2v) is 6.13. The Balaban J connectivity index is 1.97. The Morgan fingerprint density at radius 3 is 2.50 bits per heavy atom. The largest absolute Gasteiger partial charge is 0.271 e. The molecule has 1 unspecified atom stereocenters. The van der Waals surface area contributed by atoms with Gasteiger partial charge in [0.15, 0.2) is 0 Å². The van der Waals surface area contributed by atoms with Crippen molar-refractivity contribution in [3.63, 3.8) is 0 Å². The van der Waals surface area contributed by atoms with Gasteiger partial charge in [-0.2, -0.15) is 0 Å². The molecular weight excluding hydrogens is 264 g/mol. The smallest absolute Gasteiger partial charge is 0.0931 e. The number of nitrogens with two attached hydrogens (primary N) is 1. The average molecular weight is 281 g/mol. The zero-order chi connectivity index (χ0) is 13.0. The summed E-state index contributed by atoms with van der Waals surface area (Å²) in [6, 6.07) is 12.7. The highest BCUT2D eigenvalue weighted by molar-refractivity contribution is 7.16. The Morgan fingerprint density at radius 2 is 1.94 bits per heavy atom. The Hall–Kier alpha value is -0.870. The third kappa shape index (κ3) is 3.56. The molecule has 3 N–H and O–H groups in total. The molecule has 2 aromatic rings. The van der Waals surface area contributed by atoms with Crippen LogP contribution < -0.4 is 11.3 Å². The van der Waals surface area contributed by atoms with E-state index in [-0.39, 0.29) is 6.04 Å². The van der Waals surface area contributed by atoms with Gasteiger partial charge >= 0.3 is 0 Å². The van der Waals surface area contributed by atoms with Gasteiger partial charge < -0.3 is 0 Å². The van der Waals surface area contributed by atoms with E-state index in [9.17, 15) is 0 Å². The van der Waals surface area contributed by atoms with Crippen LogP contribution in [0.15, 0.2) is 36.4 Å². The summed E-state index contributed by atoms with van der Waals surface area (Å²) in [5.74, 6) is 5.62. The molecule has 0 saturated carbocycles. The molecule has 0 aliphatic heterocycles. The van der Waals surface area contributed by atoms with E-state index in [1.165, 1.54) is 16.0 Å². The van der Waals surface area contributed by atoms with Crippen molar-refractivity contribution in [2.75, 3.05) is 0 Å². The topological polar surface area (TPSA) is 38.0 Å². The van der Waals surface area contributed by atoms with Crippen LogP contribution in [0, 0.1) is 6.92 Å². The number of benzene rings is 1. The van der Waals surface area contributed by atoms with Crippen molar-refractivity contribution in [1.82, 2.24) is 5.43 Å². The van der Waals surface area contributed by atoms with Crippen molar-refractivity contribution in [2.24, 2.45) is 5.84 Å². The fourth-order valence-electron chi connectivity index (χ4n) is 1.89. The van der Waals surface area contributed by atoms with Crippen molar-refractivity contribution >= 4 is 22.9 Å². The SMILES string of the molecule is Cc1ccc(CCC(NN)c2ccc(Cl)s2)cc1. The van der Waals surface area contributed by atoms with Crippen molar-refractivity contribution < 1.29 is 0 Å². The number of nitrogens with one attached hydrogen (secondary N) is 1. The lowest BCUT2D eigenvalue weighted by Crippen LogP contribution is -2.27. The molecule has 0 fully saturated rings. The third-order valence-electron chi connectivity index (χ3n) is 2.98. The highest BCUT2D eigenvalue weighted by Crippen LogP contribution is 2.29. The first kappa shape index (κ1) is 13.6. The van der Waals surface area contributed by atoms with Crippen molar-refractivity contribution in [3.8, 4) is 0 Å². The summed E-state index contributed by atoms with van der Waals surface area (Å²) in [4.78, 5) is 1.19. The first-order valence-corrected chi connectivity index (χ1v) is 7.15. The van der Waals surface area contributed by atoms with Crippen molar-refractivity contribution in [1.29, 1.82) is 0 Å². The molecule has 0 spiro atoms. The summed E-state index contributed by atoms with van der Waals surface area (Å²) in [5.41, 5.74) is 5.49. The molecule has 2 nitrogen and oxygen atoms in total. The molecule has 0 radical (unpaired) electrons. The zero-order valence-corrected chi connectivity index (χ0v) is 11.9. The monoisotopic (exact) mass is 280 g/mol. The van der Waals surface area contributed by atoms with Crippen molar-refractivity contribution in [2.45, 2.75) is 25.8 Å². The number of rotatable bonds is 5. The lowest BCUT2D eigenvalue weighted by Gasteiger charge is -2.14. The maximum atomic E-state index is 5.95. The van der Waals surface area contributed by atoms with Crippen LogP contribution in [0.5, 0.6) is 0 Å². The predicted octanol–water partition coefficient (Wildman–Crippen LogP) is 3.85. The maximum Gasteiger partial charge on any atom is 0.0931 e. The van der Waals surface area contributed by atoms with Crippen molar-refractivity contribution in [3.05, 3.63) is 56.7 Å². The first-order chi connectivity index (χ1) is 8.69. The quantitative estimate of drug-likeness (QED) is 0.645. The van der Waals surface area contributed by atoms with E-state index in [1.807, 2.05) is 12.1 Å². The van der Waals surface area contributed by atoms with E-state index in [1.54, 1.807) is 11.3 Å². The lowest BCUT2D eigenvalue weighted by molar-refractivity contribution is 0.524. The van der Waals surface area contributed by atoms with Gasteiger partial charge in [-0.05, 0) is 37.5 Å². The van der Waals surface area contributed by atoms with Crippen LogP contribution in [-0.2, 0) is 6.42 Å². The Bertz CT molecular complexity index is 493. The van der Waals surface area contributed by atoms with Gasteiger partial charge in [-0.3, -0.25) is 11.3 Å². The molecule has 2 rings (SSSR count). The van der Waals surface area contributed by atoms with E-state index >= 15 is 0 Å². The molecule has 0 aliphatic rings. The van der Waals surface area contributed by atoms with Crippen LogP contribution in [0.25, 0.3) is 0 Å². The number of aryl methyl sites for hydroxylation is 2. The van der Waals surface area contributed by atoms with Crippen LogP contribution in [0.3, 0.4) is 0 Å². The molecule has 1 aromatic heterocycles. The Morgan fingerprint density at radius 1 is 1.22 bits per heavy atom. The Labute approximate surface area is 117 Å². The van der Waals surface area contributed by atoms with Crippen LogP contribution in [0.1, 0.15) is 28.5 Å². The standard InChI is InChI=1S/C14H17ClN2S/c1-10-2-4-11(5-3-10)6-7-12(17-16)13-8-9-14(15)18-13/h2-5,8-9,12,17H,6-7,16H2,1H3. The minimum atomic E-state index is 0.170. The van der Waals surface area contributed by atoms with Gasteiger partial charge in [0.05, 0.1) is 10.4 Å². The van der Waals surface area contributed by atoms with Crippen LogP contribution >= 0.6 is 22.9 Å². The molecule has 1 aromatic carbocycles. The first-order valence-electron chi connectivity index (χ1n) is 5.96. The zero-order valence-electron chi connectivity index (χ0n) is 10.3. The predicted molar refractivity (Wildman–Crippen MR) is 78.9 cm³/mol. The van der Waals surface area contributed by atoms with E-state index < -0.39 is 0 Å². The van der Waals surface area contributed by atoms with E-state index in [0.29, 0.717) is 0 Å². The highest BCUT2D eigenvalue weighted by Gasteiger charge is 2.12. The molecular formula is C14H17ClN2S. The number of hydrogen-bond acceptors (Lipinski definition) is 3. The summed E-state index contributed by atoms with van der Waals surface area (Å²) >= 11 is 7.53. The number of halogens is 1. The minimum Gasteiger partial charge on any atom is -0.271 e. The van der Waals surface area contributed by atoms with E-state index in [0.717, 1.165) is 17.2 Å². The van der Waals surface area contributed by atoms with Crippen LogP contribution in [0.4, 0.5) is 0 Å². The third-order valence-corrected chi connectivity index (χ3v) is 4.33. The van der Waals surface area contributed by atoms with Gasteiger partial charge in [-0.25, -0.2) is 0 Å². The number of thiophene rings is 1. The molecule has 96 valence electrons. The van der Waals surface area contributed by atoms with E-state index in [2.05, 4.69) is 36.6 Å². The molecule has 0 amide bonds. The second kappa shape index (κ2) is 6.34. The Kier molecular flexibility index (Phi) is 4.78. The summed E-state index contributed by atoms with van der Waals surface area (Å²) in [6.07, 6.45) is 1.97. The molecule has 1 heterocycles. The summed E-state index contributed by atoms with van der Waals surface area (Å²) in [5, 5.41) is 0. The maximum absolute atomic E-state index is 5.95. The fourth-order valence-corrected chi connectivity index (χ4v) is 3.04. The second-order valence-electron chi connectivity index (χ2n) is 4.39. The van der Waals surface area contributed by atoms with E-state index in [4.69, 9.17) is 17.4 Å². The normalized spacial score (nSPS) is 12.6. The molecule has 18 heavy (non-hydrogen) atoms. The van der Waals surface area contributed by atoms with Gasteiger partial charge in [0.25, 0.3) is 0 Å². The average Bonchev–Trinajstić information content (AvgIpc) is 2.79. The van der Waals surface area contributed by atoms with Gasteiger partial charge in [0.2, 0.25) is 0 Å². The molecule has 0 saturated heterocycles. The van der Waals surface area contributed by atoms with Gasteiger partial charge in [0.1, 0.15) is 0 Å². The van der Waals surface area contributed by atoms with Crippen LogP contribution in [-0.4, -0.2) is 0 Å². The molecule has 0 aliphatic carbocycles. The minimum absolute atomic E-state index is 0.170.